The van der Waals surface area contributed by atoms with E-state index in [9.17, 15) is 13.2 Å². The molecule has 1 heterocycles. The van der Waals surface area contributed by atoms with Gasteiger partial charge in [0.1, 0.15) is 11.5 Å². The minimum atomic E-state index is -3.78. The molecule has 0 saturated heterocycles. The first-order valence-electron chi connectivity index (χ1n) is 8.00. The number of hydrogen-bond donors (Lipinski definition) is 2. The van der Waals surface area contributed by atoms with Crippen LogP contribution in [-0.2, 0) is 16.6 Å². The highest BCUT2D eigenvalue weighted by atomic mass is 32.2. The average Bonchev–Trinajstić information content (AvgIpc) is 2.67. The van der Waals surface area contributed by atoms with Gasteiger partial charge in [0.15, 0.2) is 0 Å². The number of pyridine rings is 1. The number of hydrogen-bond acceptors (Lipinski definition) is 5. The maximum Gasteiger partial charge on any atom is 0.251 e. The van der Waals surface area contributed by atoms with E-state index in [1.165, 1.54) is 12.1 Å². The number of amides is 1. The zero-order valence-corrected chi connectivity index (χ0v) is 15.0. The van der Waals surface area contributed by atoms with Gasteiger partial charge in [-0.25, -0.2) is 13.6 Å². The number of benzene rings is 2. The Morgan fingerprint density at radius 3 is 2.48 bits per heavy atom. The summed E-state index contributed by atoms with van der Waals surface area (Å²) < 4.78 is 28.4. The highest BCUT2D eigenvalue weighted by molar-refractivity contribution is 7.89. The van der Waals surface area contributed by atoms with Gasteiger partial charge in [-0.05, 0) is 54.1 Å². The number of sulfonamides is 1. The van der Waals surface area contributed by atoms with Crippen LogP contribution in [0.2, 0.25) is 0 Å². The van der Waals surface area contributed by atoms with Gasteiger partial charge < -0.3 is 10.1 Å². The first kappa shape index (κ1) is 18.6. The van der Waals surface area contributed by atoms with E-state index >= 15 is 0 Å². The molecule has 2 aromatic carbocycles. The molecule has 3 rings (SSSR count). The Hall–Kier alpha value is -3.23. The maximum absolute atomic E-state index is 12.3. The molecule has 0 unspecified atom stereocenters. The molecule has 0 saturated carbocycles. The van der Waals surface area contributed by atoms with Crippen LogP contribution in [0.5, 0.6) is 11.5 Å². The van der Waals surface area contributed by atoms with Crippen LogP contribution in [-0.4, -0.2) is 19.3 Å². The number of carbonyl (C=O) groups is 1. The summed E-state index contributed by atoms with van der Waals surface area (Å²) in [6.07, 6.45) is 3.25. The minimum Gasteiger partial charge on any atom is -0.456 e. The highest BCUT2D eigenvalue weighted by Crippen LogP contribution is 2.20. The summed E-state index contributed by atoms with van der Waals surface area (Å²) in [6.45, 7) is 0.177. The van der Waals surface area contributed by atoms with Crippen LogP contribution < -0.4 is 15.2 Å². The molecule has 3 aromatic rings. The molecule has 0 spiro atoms. The molecule has 0 aliphatic rings. The van der Waals surface area contributed by atoms with Crippen molar-refractivity contribution >= 4 is 15.9 Å². The summed E-state index contributed by atoms with van der Waals surface area (Å²) in [7, 11) is -3.78. The molecular weight excluding hydrogens is 366 g/mol. The Labute approximate surface area is 156 Å². The van der Waals surface area contributed by atoms with E-state index < -0.39 is 10.0 Å². The van der Waals surface area contributed by atoms with Crippen molar-refractivity contribution in [2.75, 3.05) is 0 Å². The summed E-state index contributed by atoms with van der Waals surface area (Å²) in [6, 6.07) is 16.3. The third-order valence-corrected chi connectivity index (χ3v) is 4.58. The van der Waals surface area contributed by atoms with Gasteiger partial charge in [0.2, 0.25) is 10.0 Å². The van der Waals surface area contributed by atoms with Crippen molar-refractivity contribution < 1.29 is 17.9 Å². The second-order valence-electron chi connectivity index (χ2n) is 5.69. The molecule has 1 amide bonds. The minimum absolute atomic E-state index is 0.00570. The van der Waals surface area contributed by atoms with Crippen LogP contribution >= 0.6 is 0 Å². The van der Waals surface area contributed by atoms with E-state index in [1.54, 1.807) is 60.9 Å². The third kappa shape index (κ3) is 5.13. The van der Waals surface area contributed by atoms with Crippen LogP contribution in [0.4, 0.5) is 0 Å². The number of aromatic nitrogens is 1. The maximum atomic E-state index is 12.3. The summed E-state index contributed by atoms with van der Waals surface area (Å²) >= 11 is 0. The van der Waals surface area contributed by atoms with Gasteiger partial charge in [-0.1, -0.05) is 12.1 Å². The lowest BCUT2D eigenvalue weighted by Gasteiger charge is -2.08. The number of nitrogens with zero attached hydrogens (tertiary/aromatic N) is 1. The van der Waals surface area contributed by atoms with Gasteiger partial charge in [0.05, 0.1) is 11.1 Å². The molecule has 0 radical (unpaired) electrons. The van der Waals surface area contributed by atoms with Crippen molar-refractivity contribution in [2.45, 2.75) is 11.4 Å². The average molecular weight is 383 g/mol. The fourth-order valence-corrected chi connectivity index (χ4v) is 2.92. The summed E-state index contributed by atoms with van der Waals surface area (Å²) in [5.41, 5.74) is 1.09. The van der Waals surface area contributed by atoms with Gasteiger partial charge >= 0.3 is 0 Å². The molecular formula is C19H17N3O4S. The second kappa shape index (κ2) is 7.98. The van der Waals surface area contributed by atoms with Gasteiger partial charge in [0, 0.05) is 18.3 Å². The standard InChI is InChI=1S/C19H17N3O4S/c20-27(24,25)18-5-1-3-14(11-18)12-22-19(23)15-6-8-16(9-7-15)26-17-4-2-10-21-13-17/h1-11,13H,12H2,(H,22,23)(H2,20,24,25). The lowest BCUT2D eigenvalue weighted by Crippen LogP contribution is -2.23. The van der Waals surface area contributed by atoms with Crippen LogP contribution in [0, 0.1) is 0 Å². The molecule has 3 N–H and O–H groups in total. The predicted octanol–water partition coefficient (Wildman–Crippen LogP) is 2.45. The fourth-order valence-electron chi connectivity index (χ4n) is 2.33. The van der Waals surface area contributed by atoms with Crippen molar-refractivity contribution in [3.63, 3.8) is 0 Å². The smallest absolute Gasteiger partial charge is 0.251 e. The molecule has 0 fully saturated rings. The summed E-state index contributed by atoms with van der Waals surface area (Å²) in [5.74, 6) is 0.897. The van der Waals surface area contributed by atoms with E-state index in [0.29, 0.717) is 22.6 Å². The number of rotatable bonds is 6. The molecule has 0 atom stereocenters. The molecule has 0 aliphatic heterocycles. The molecule has 138 valence electrons. The first-order valence-corrected chi connectivity index (χ1v) is 9.54. The Morgan fingerprint density at radius 1 is 1.04 bits per heavy atom. The fraction of sp³-hybridized carbons (Fsp3) is 0.0526. The predicted molar refractivity (Wildman–Crippen MR) is 99.7 cm³/mol. The molecule has 0 aliphatic carbocycles. The van der Waals surface area contributed by atoms with Crippen molar-refractivity contribution in [3.8, 4) is 11.5 Å². The first-order chi connectivity index (χ1) is 12.9. The molecule has 7 nitrogen and oxygen atoms in total. The molecule has 8 heteroatoms. The third-order valence-electron chi connectivity index (χ3n) is 3.67. The van der Waals surface area contributed by atoms with Crippen LogP contribution in [0.1, 0.15) is 15.9 Å². The molecule has 27 heavy (non-hydrogen) atoms. The van der Waals surface area contributed by atoms with E-state index in [4.69, 9.17) is 9.88 Å². The molecule has 0 bridgehead atoms. The van der Waals surface area contributed by atoms with E-state index in [1.807, 2.05) is 0 Å². The number of ether oxygens (including phenoxy) is 1. The van der Waals surface area contributed by atoms with Crippen LogP contribution in [0.3, 0.4) is 0 Å². The number of nitrogens with one attached hydrogen (secondary N) is 1. The van der Waals surface area contributed by atoms with Gasteiger partial charge in [-0.15, -0.1) is 0 Å². The number of primary sulfonamides is 1. The highest BCUT2D eigenvalue weighted by Gasteiger charge is 2.10. The van der Waals surface area contributed by atoms with E-state index in [2.05, 4.69) is 10.3 Å². The SMILES string of the molecule is NS(=O)(=O)c1cccc(CNC(=O)c2ccc(Oc3cccnc3)cc2)c1. The van der Waals surface area contributed by atoms with Gasteiger partial charge in [-0.3, -0.25) is 9.78 Å². The Bertz CT molecular complexity index is 1040. The number of carbonyl (C=O) groups excluding carboxylic acids is 1. The summed E-state index contributed by atoms with van der Waals surface area (Å²) in [5, 5.41) is 7.85. The lowest BCUT2D eigenvalue weighted by atomic mass is 10.2. The van der Waals surface area contributed by atoms with Gasteiger partial charge in [-0.2, -0.15) is 0 Å². The Balaban J connectivity index is 1.61. The zero-order chi connectivity index (χ0) is 19.3. The van der Waals surface area contributed by atoms with Crippen LogP contribution in [0.15, 0.2) is 78.0 Å². The molecule has 1 aromatic heterocycles. The normalized spacial score (nSPS) is 11.0. The number of nitrogens with two attached hydrogens (primary N) is 1. The van der Waals surface area contributed by atoms with Gasteiger partial charge in [0.25, 0.3) is 5.91 Å². The van der Waals surface area contributed by atoms with Crippen molar-refractivity contribution in [3.05, 3.63) is 84.2 Å². The summed E-state index contributed by atoms with van der Waals surface area (Å²) in [4.78, 5) is 16.2. The second-order valence-corrected chi connectivity index (χ2v) is 7.25. The van der Waals surface area contributed by atoms with E-state index in [0.717, 1.165) is 0 Å². The zero-order valence-electron chi connectivity index (χ0n) is 14.2. The van der Waals surface area contributed by atoms with Crippen molar-refractivity contribution in [2.24, 2.45) is 5.14 Å². The lowest BCUT2D eigenvalue weighted by molar-refractivity contribution is 0.0951. The Morgan fingerprint density at radius 2 is 1.81 bits per heavy atom. The van der Waals surface area contributed by atoms with Crippen molar-refractivity contribution in [1.29, 1.82) is 0 Å². The van der Waals surface area contributed by atoms with Crippen molar-refractivity contribution in [1.82, 2.24) is 10.3 Å². The van der Waals surface area contributed by atoms with E-state index in [-0.39, 0.29) is 17.3 Å². The Kier molecular flexibility index (Phi) is 5.49. The monoisotopic (exact) mass is 383 g/mol. The topological polar surface area (TPSA) is 111 Å². The largest absolute Gasteiger partial charge is 0.456 e. The quantitative estimate of drug-likeness (QED) is 0.679. The van der Waals surface area contributed by atoms with Crippen LogP contribution in [0.25, 0.3) is 0 Å².